The molecule has 5 heteroatoms. The first-order valence-electron chi connectivity index (χ1n) is 6.45. The average molecular weight is 248 g/mol. The molecule has 0 unspecified atom stereocenters. The Balaban J connectivity index is 2.12. The molecule has 1 aromatic rings. The summed E-state index contributed by atoms with van der Waals surface area (Å²) in [5, 5.41) is 11.8. The summed E-state index contributed by atoms with van der Waals surface area (Å²) < 4.78 is 0. The lowest BCUT2D eigenvalue weighted by atomic mass is 10.1. The molecule has 18 heavy (non-hydrogen) atoms. The quantitative estimate of drug-likeness (QED) is 0.368. The molecule has 1 saturated heterocycles. The molecule has 0 saturated carbocycles. The van der Waals surface area contributed by atoms with Gasteiger partial charge in [0.15, 0.2) is 5.84 Å². The first-order valence-corrected chi connectivity index (χ1v) is 6.45. The molecule has 0 radical (unpaired) electrons. The second-order valence-electron chi connectivity index (χ2n) is 4.69. The van der Waals surface area contributed by atoms with Crippen LogP contribution in [-0.4, -0.2) is 34.0 Å². The van der Waals surface area contributed by atoms with Crippen molar-refractivity contribution in [2.24, 2.45) is 10.9 Å². The molecule has 0 amide bonds. The third-order valence-electron chi connectivity index (χ3n) is 3.33. The topological polar surface area (TPSA) is 74.7 Å². The number of nitrogens with two attached hydrogens (primary N) is 1. The highest BCUT2D eigenvalue weighted by molar-refractivity contribution is 5.96. The molecule has 0 atom stereocenters. The van der Waals surface area contributed by atoms with Gasteiger partial charge < -0.3 is 10.9 Å². The zero-order valence-corrected chi connectivity index (χ0v) is 10.5. The van der Waals surface area contributed by atoms with Gasteiger partial charge in [0.25, 0.3) is 0 Å². The van der Waals surface area contributed by atoms with Crippen LogP contribution >= 0.6 is 0 Å². The van der Waals surface area contributed by atoms with Gasteiger partial charge in [0.2, 0.25) is 0 Å². The molecule has 0 aliphatic carbocycles. The van der Waals surface area contributed by atoms with E-state index in [0.717, 1.165) is 25.2 Å². The summed E-state index contributed by atoms with van der Waals surface area (Å²) in [5.74, 6) is 0.0837. The highest BCUT2D eigenvalue weighted by Gasteiger charge is 2.13. The van der Waals surface area contributed by atoms with E-state index in [-0.39, 0.29) is 5.84 Å². The van der Waals surface area contributed by atoms with Crippen molar-refractivity contribution in [2.45, 2.75) is 32.2 Å². The summed E-state index contributed by atoms with van der Waals surface area (Å²) >= 11 is 0. The Morgan fingerprint density at radius 3 is 2.72 bits per heavy atom. The van der Waals surface area contributed by atoms with E-state index in [1.807, 2.05) is 12.1 Å². The van der Waals surface area contributed by atoms with Gasteiger partial charge in [0.05, 0.1) is 0 Å². The van der Waals surface area contributed by atoms with Crippen LogP contribution in [0.1, 0.15) is 36.9 Å². The van der Waals surface area contributed by atoms with E-state index >= 15 is 0 Å². The fourth-order valence-electron chi connectivity index (χ4n) is 2.38. The van der Waals surface area contributed by atoms with Crippen molar-refractivity contribution in [3.63, 3.8) is 0 Å². The molecule has 1 fully saturated rings. The fourth-order valence-corrected chi connectivity index (χ4v) is 2.38. The first-order chi connectivity index (χ1) is 8.81. The van der Waals surface area contributed by atoms with E-state index in [1.54, 1.807) is 6.20 Å². The van der Waals surface area contributed by atoms with Gasteiger partial charge in [-0.15, -0.1) is 0 Å². The number of oxime groups is 1. The second-order valence-corrected chi connectivity index (χ2v) is 4.69. The summed E-state index contributed by atoms with van der Waals surface area (Å²) in [5.41, 5.74) is 7.26. The Labute approximate surface area is 107 Å². The Morgan fingerprint density at radius 1 is 1.33 bits per heavy atom. The van der Waals surface area contributed by atoms with Crippen LogP contribution in [0.2, 0.25) is 0 Å². The van der Waals surface area contributed by atoms with Crippen LogP contribution in [0.15, 0.2) is 23.5 Å². The second kappa shape index (κ2) is 6.35. The third-order valence-corrected chi connectivity index (χ3v) is 3.33. The molecule has 5 nitrogen and oxygen atoms in total. The van der Waals surface area contributed by atoms with Gasteiger partial charge in [-0.1, -0.05) is 24.1 Å². The Bertz CT molecular complexity index is 411. The van der Waals surface area contributed by atoms with Gasteiger partial charge in [-0.05, 0) is 37.6 Å². The molecular formula is C13H20N4O. The minimum atomic E-state index is 0.0837. The molecule has 3 N–H and O–H groups in total. The van der Waals surface area contributed by atoms with Crippen LogP contribution in [-0.2, 0) is 6.54 Å². The number of nitrogens with zero attached hydrogens (tertiary/aromatic N) is 3. The van der Waals surface area contributed by atoms with Crippen molar-refractivity contribution in [3.8, 4) is 0 Å². The van der Waals surface area contributed by atoms with Crippen molar-refractivity contribution in [2.75, 3.05) is 13.1 Å². The molecular weight excluding hydrogens is 228 g/mol. The molecule has 0 bridgehead atoms. The highest BCUT2D eigenvalue weighted by Crippen LogP contribution is 2.14. The van der Waals surface area contributed by atoms with Gasteiger partial charge >= 0.3 is 0 Å². The fraction of sp³-hybridized carbons (Fsp3) is 0.538. The molecule has 1 aliphatic rings. The Hall–Kier alpha value is -1.62. The first kappa shape index (κ1) is 12.8. The van der Waals surface area contributed by atoms with Gasteiger partial charge in [-0.25, -0.2) is 0 Å². The van der Waals surface area contributed by atoms with Gasteiger partial charge in [0, 0.05) is 12.7 Å². The van der Waals surface area contributed by atoms with Crippen molar-refractivity contribution in [1.82, 2.24) is 9.88 Å². The van der Waals surface area contributed by atoms with E-state index in [4.69, 9.17) is 10.9 Å². The summed E-state index contributed by atoms with van der Waals surface area (Å²) in [4.78, 5) is 6.61. The summed E-state index contributed by atoms with van der Waals surface area (Å²) in [6, 6.07) is 3.88. The van der Waals surface area contributed by atoms with E-state index in [1.165, 1.54) is 25.7 Å². The van der Waals surface area contributed by atoms with Crippen molar-refractivity contribution < 1.29 is 5.21 Å². The number of amidine groups is 1. The minimum Gasteiger partial charge on any atom is -0.409 e. The van der Waals surface area contributed by atoms with Crippen LogP contribution in [0.3, 0.4) is 0 Å². The lowest BCUT2D eigenvalue weighted by Crippen LogP contribution is -2.26. The lowest BCUT2D eigenvalue weighted by molar-refractivity contribution is 0.276. The number of aromatic nitrogens is 1. The average Bonchev–Trinajstić information content (AvgIpc) is 2.67. The molecule has 1 aromatic heterocycles. The number of rotatable bonds is 3. The normalized spacial score (nSPS) is 18.6. The zero-order chi connectivity index (χ0) is 12.8. The van der Waals surface area contributed by atoms with Crippen LogP contribution in [0.5, 0.6) is 0 Å². The maximum atomic E-state index is 8.77. The maximum absolute atomic E-state index is 8.77. The predicted molar refractivity (Wildman–Crippen MR) is 70.5 cm³/mol. The predicted octanol–water partition coefficient (Wildman–Crippen LogP) is 1.55. The van der Waals surface area contributed by atoms with Crippen molar-refractivity contribution in [1.29, 1.82) is 0 Å². The summed E-state index contributed by atoms with van der Waals surface area (Å²) in [6.07, 6.45) is 6.80. The monoisotopic (exact) mass is 248 g/mol. The highest BCUT2D eigenvalue weighted by atomic mass is 16.4. The number of hydrogen-bond donors (Lipinski definition) is 2. The Kier molecular flexibility index (Phi) is 4.52. The van der Waals surface area contributed by atoms with Crippen molar-refractivity contribution >= 4 is 5.84 Å². The number of pyridine rings is 1. The minimum absolute atomic E-state index is 0.0837. The summed E-state index contributed by atoms with van der Waals surface area (Å²) in [6.45, 7) is 3.05. The SMILES string of the molecule is NC(=NO)c1ncccc1CN1CCCCCC1. The number of likely N-dealkylation sites (tertiary alicyclic amines) is 1. The molecule has 1 aliphatic heterocycles. The third kappa shape index (κ3) is 3.20. The van der Waals surface area contributed by atoms with E-state index in [2.05, 4.69) is 15.0 Å². The standard InChI is InChI=1S/C13H20N4O/c14-13(16-18)12-11(6-5-7-15-12)10-17-8-3-1-2-4-9-17/h5-7,18H,1-4,8-10H2,(H2,14,16). The lowest BCUT2D eigenvalue weighted by Gasteiger charge is -2.20. The van der Waals surface area contributed by atoms with Crippen molar-refractivity contribution in [3.05, 3.63) is 29.6 Å². The van der Waals surface area contributed by atoms with Gasteiger partial charge in [-0.3, -0.25) is 9.88 Å². The molecule has 0 aromatic carbocycles. The van der Waals surface area contributed by atoms with Gasteiger partial charge in [0.1, 0.15) is 5.69 Å². The van der Waals surface area contributed by atoms with Crippen LogP contribution in [0, 0.1) is 0 Å². The van der Waals surface area contributed by atoms with Crippen LogP contribution in [0.25, 0.3) is 0 Å². The Morgan fingerprint density at radius 2 is 2.06 bits per heavy atom. The van der Waals surface area contributed by atoms with E-state index in [9.17, 15) is 0 Å². The smallest absolute Gasteiger partial charge is 0.189 e. The maximum Gasteiger partial charge on any atom is 0.189 e. The number of hydrogen-bond acceptors (Lipinski definition) is 4. The zero-order valence-electron chi connectivity index (χ0n) is 10.5. The molecule has 98 valence electrons. The van der Waals surface area contributed by atoms with Gasteiger partial charge in [-0.2, -0.15) is 0 Å². The van der Waals surface area contributed by atoms with Crippen LogP contribution in [0.4, 0.5) is 0 Å². The van der Waals surface area contributed by atoms with E-state index in [0.29, 0.717) is 5.69 Å². The van der Waals surface area contributed by atoms with E-state index < -0.39 is 0 Å². The molecule has 2 rings (SSSR count). The summed E-state index contributed by atoms with van der Waals surface area (Å²) in [7, 11) is 0. The van der Waals surface area contributed by atoms with Crippen LogP contribution < -0.4 is 5.73 Å². The molecule has 0 spiro atoms. The largest absolute Gasteiger partial charge is 0.409 e. The molecule has 2 heterocycles.